The van der Waals surface area contributed by atoms with E-state index in [9.17, 15) is 4.79 Å². The highest BCUT2D eigenvalue weighted by molar-refractivity contribution is 6.30. The monoisotopic (exact) mass is 383 g/mol. The Morgan fingerprint density at radius 3 is 2.30 bits per heavy atom. The van der Waals surface area contributed by atoms with Gasteiger partial charge in [0.15, 0.2) is 0 Å². The molecule has 0 radical (unpaired) electrons. The fraction of sp³-hybridized carbons (Fsp3) is 0.533. The van der Waals surface area contributed by atoms with Gasteiger partial charge in [-0.25, -0.2) is 0 Å². The second-order valence-corrected chi connectivity index (χ2v) is 5.69. The van der Waals surface area contributed by atoms with E-state index in [-0.39, 0.29) is 30.7 Å². The molecule has 2 rings (SSSR count). The van der Waals surface area contributed by atoms with E-state index < -0.39 is 6.04 Å². The van der Waals surface area contributed by atoms with Gasteiger partial charge in [0.1, 0.15) is 12.4 Å². The summed E-state index contributed by atoms with van der Waals surface area (Å²) < 4.78 is 5.68. The summed E-state index contributed by atoms with van der Waals surface area (Å²) in [7, 11) is 0. The first-order valence-corrected chi connectivity index (χ1v) is 7.59. The minimum atomic E-state index is -0.412. The van der Waals surface area contributed by atoms with Crippen LogP contribution in [0.5, 0.6) is 5.75 Å². The number of amides is 1. The highest BCUT2D eigenvalue weighted by atomic mass is 35.5. The van der Waals surface area contributed by atoms with Crippen LogP contribution < -0.4 is 10.5 Å². The van der Waals surface area contributed by atoms with Crippen LogP contribution in [-0.4, -0.2) is 61.1 Å². The van der Waals surface area contributed by atoms with Gasteiger partial charge in [-0.15, -0.1) is 24.8 Å². The van der Waals surface area contributed by atoms with Crippen LogP contribution in [0.4, 0.5) is 0 Å². The quantitative estimate of drug-likeness (QED) is 0.844. The van der Waals surface area contributed by atoms with Crippen molar-refractivity contribution in [2.75, 3.05) is 39.3 Å². The van der Waals surface area contributed by atoms with E-state index >= 15 is 0 Å². The number of ether oxygens (including phenoxy) is 1. The van der Waals surface area contributed by atoms with E-state index in [2.05, 4.69) is 4.90 Å². The van der Waals surface area contributed by atoms with Crippen molar-refractivity contribution < 1.29 is 9.53 Å². The van der Waals surface area contributed by atoms with Crippen LogP contribution >= 0.6 is 36.4 Å². The van der Waals surface area contributed by atoms with E-state index in [4.69, 9.17) is 22.1 Å². The Bertz CT molecular complexity index is 464. The molecule has 1 aliphatic rings. The molecular formula is C15H24Cl3N3O2. The van der Waals surface area contributed by atoms with Gasteiger partial charge in [0.2, 0.25) is 5.91 Å². The molecule has 1 fully saturated rings. The van der Waals surface area contributed by atoms with E-state index in [1.54, 1.807) is 6.92 Å². The molecule has 1 amide bonds. The number of hydrogen-bond donors (Lipinski definition) is 1. The molecule has 1 atom stereocenters. The third-order valence-electron chi connectivity index (χ3n) is 3.56. The van der Waals surface area contributed by atoms with Gasteiger partial charge < -0.3 is 15.4 Å². The van der Waals surface area contributed by atoms with Crippen molar-refractivity contribution in [3.8, 4) is 5.75 Å². The number of nitrogens with two attached hydrogens (primary N) is 1. The Morgan fingerprint density at radius 1 is 1.22 bits per heavy atom. The normalized spacial score (nSPS) is 16.0. The number of halogens is 3. The number of carbonyl (C=O) groups excluding carboxylic acids is 1. The van der Waals surface area contributed by atoms with Crippen LogP contribution in [0.2, 0.25) is 5.02 Å². The molecule has 1 heterocycles. The first-order valence-electron chi connectivity index (χ1n) is 7.21. The van der Waals surface area contributed by atoms with E-state index in [0.717, 1.165) is 38.5 Å². The second-order valence-electron chi connectivity index (χ2n) is 5.26. The Labute approximate surface area is 154 Å². The van der Waals surface area contributed by atoms with Gasteiger partial charge in [0.25, 0.3) is 0 Å². The summed E-state index contributed by atoms with van der Waals surface area (Å²) in [5.41, 5.74) is 5.62. The minimum Gasteiger partial charge on any atom is -0.492 e. The van der Waals surface area contributed by atoms with Crippen molar-refractivity contribution in [2.45, 2.75) is 13.0 Å². The second kappa shape index (κ2) is 10.9. The zero-order chi connectivity index (χ0) is 15.2. The lowest BCUT2D eigenvalue weighted by Crippen LogP contribution is -2.53. The van der Waals surface area contributed by atoms with Gasteiger partial charge in [-0.3, -0.25) is 9.69 Å². The first kappa shape index (κ1) is 22.3. The van der Waals surface area contributed by atoms with Crippen molar-refractivity contribution in [2.24, 2.45) is 5.73 Å². The molecule has 5 nitrogen and oxygen atoms in total. The maximum Gasteiger partial charge on any atom is 0.239 e. The average Bonchev–Trinajstić information content (AvgIpc) is 2.49. The van der Waals surface area contributed by atoms with Crippen molar-refractivity contribution in [1.29, 1.82) is 0 Å². The number of piperazine rings is 1. The van der Waals surface area contributed by atoms with Crippen LogP contribution in [0.25, 0.3) is 0 Å². The van der Waals surface area contributed by atoms with Crippen molar-refractivity contribution in [3.05, 3.63) is 29.3 Å². The number of carbonyl (C=O) groups is 1. The van der Waals surface area contributed by atoms with Crippen LogP contribution in [0.3, 0.4) is 0 Å². The molecule has 0 spiro atoms. The number of hydrogen-bond acceptors (Lipinski definition) is 4. The number of benzene rings is 1. The van der Waals surface area contributed by atoms with Gasteiger partial charge in [-0.2, -0.15) is 0 Å². The van der Waals surface area contributed by atoms with Gasteiger partial charge >= 0.3 is 0 Å². The number of rotatable bonds is 5. The highest BCUT2D eigenvalue weighted by Crippen LogP contribution is 2.15. The van der Waals surface area contributed by atoms with Crippen molar-refractivity contribution >= 4 is 42.3 Å². The van der Waals surface area contributed by atoms with Gasteiger partial charge in [-0.1, -0.05) is 11.6 Å². The van der Waals surface area contributed by atoms with E-state index in [0.29, 0.717) is 11.6 Å². The van der Waals surface area contributed by atoms with Gasteiger partial charge in [0.05, 0.1) is 6.04 Å². The Hall–Kier alpha value is -0.720. The molecule has 1 aromatic rings. The maximum absolute atomic E-state index is 11.8. The summed E-state index contributed by atoms with van der Waals surface area (Å²) in [6.07, 6.45) is 0. The molecule has 23 heavy (non-hydrogen) atoms. The predicted molar refractivity (Wildman–Crippen MR) is 98.1 cm³/mol. The third kappa shape index (κ3) is 7.14. The summed E-state index contributed by atoms with van der Waals surface area (Å²) in [5, 5.41) is 0.706. The molecule has 0 aromatic heterocycles. The van der Waals surface area contributed by atoms with Gasteiger partial charge in [0, 0.05) is 37.7 Å². The Kier molecular flexibility index (Phi) is 10.6. The predicted octanol–water partition coefficient (Wildman–Crippen LogP) is 2.05. The van der Waals surface area contributed by atoms with E-state index in [1.807, 2.05) is 29.2 Å². The topological polar surface area (TPSA) is 58.8 Å². The lowest BCUT2D eigenvalue weighted by atomic mass is 10.2. The molecule has 1 aromatic carbocycles. The largest absolute Gasteiger partial charge is 0.492 e. The molecule has 1 aliphatic heterocycles. The van der Waals surface area contributed by atoms with Crippen molar-refractivity contribution in [3.63, 3.8) is 0 Å². The lowest BCUT2D eigenvalue weighted by molar-refractivity contribution is -0.133. The molecule has 0 saturated carbocycles. The molecule has 2 N–H and O–H groups in total. The summed E-state index contributed by atoms with van der Waals surface area (Å²) in [4.78, 5) is 15.9. The Balaban J connectivity index is 0.00000242. The molecule has 132 valence electrons. The molecule has 8 heteroatoms. The first-order chi connectivity index (χ1) is 10.1. The average molecular weight is 385 g/mol. The smallest absolute Gasteiger partial charge is 0.239 e. The summed E-state index contributed by atoms with van der Waals surface area (Å²) in [5.74, 6) is 0.859. The zero-order valence-electron chi connectivity index (χ0n) is 13.1. The van der Waals surface area contributed by atoms with Crippen LogP contribution in [0, 0.1) is 0 Å². The SMILES string of the molecule is C[C@@H](N)C(=O)N1CCN(CCOc2ccc(Cl)cc2)CC1.Cl.Cl. The molecule has 1 saturated heterocycles. The Morgan fingerprint density at radius 2 is 1.78 bits per heavy atom. The standard InChI is InChI=1S/C15H22ClN3O2.2ClH/c1-12(17)15(20)19-8-6-18(7-9-19)10-11-21-14-4-2-13(16)3-5-14;;/h2-5,12H,6-11,17H2,1H3;2*1H/t12-;;/m1../s1. The highest BCUT2D eigenvalue weighted by Gasteiger charge is 2.22. The van der Waals surface area contributed by atoms with Crippen LogP contribution in [0.1, 0.15) is 6.92 Å². The van der Waals surface area contributed by atoms with E-state index in [1.165, 1.54) is 0 Å². The van der Waals surface area contributed by atoms with Gasteiger partial charge in [-0.05, 0) is 31.2 Å². The van der Waals surface area contributed by atoms with Crippen molar-refractivity contribution in [1.82, 2.24) is 9.80 Å². The third-order valence-corrected chi connectivity index (χ3v) is 3.82. The molecular weight excluding hydrogens is 361 g/mol. The summed E-state index contributed by atoms with van der Waals surface area (Å²) in [6.45, 7) is 6.41. The summed E-state index contributed by atoms with van der Waals surface area (Å²) in [6, 6.07) is 6.94. The minimum absolute atomic E-state index is 0. The molecule has 0 unspecified atom stereocenters. The lowest BCUT2D eigenvalue weighted by Gasteiger charge is -2.35. The maximum atomic E-state index is 11.8. The fourth-order valence-electron chi connectivity index (χ4n) is 2.30. The fourth-order valence-corrected chi connectivity index (χ4v) is 2.43. The zero-order valence-corrected chi connectivity index (χ0v) is 15.5. The molecule has 0 aliphatic carbocycles. The van der Waals surface area contributed by atoms with Crippen LogP contribution in [-0.2, 0) is 4.79 Å². The number of nitrogens with zero attached hydrogens (tertiary/aromatic N) is 2. The molecule has 0 bridgehead atoms. The summed E-state index contributed by atoms with van der Waals surface area (Å²) >= 11 is 5.82. The van der Waals surface area contributed by atoms with Crippen LogP contribution in [0.15, 0.2) is 24.3 Å².